The zero-order chi connectivity index (χ0) is 36.4. The summed E-state index contributed by atoms with van der Waals surface area (Å²) in [5.74, 6) is -3.18. The lowest BCUT2D eigenvalue weighted by Gasteiger charge is -2.23. The lowest BCUT2D eigenvalue weighted by atomic mass is 10.1. The number of esters is 2. The lowest BCUT2D eigenvalue weighted by molar-refractivity contribution is -0.144. The molecule has 1 atom stereocenters. The first-order valence-corrected chi connectivity index (χ1v) is 19.6. The normalized spacial score (nSPS) is 12.7. The van der Waals surface area contributed by atoms with Crippen molar-refractivity contribution >= 4 is 11.9 Å². The molecule has 0 aliphatic carbocycles. The fourth-order valence-corrected chi connectivity index (χ4v) is 5.49. The molecule has 0 bridgehead atoms. The Kier molecular flexibility index (Phi) is 35.6. The maximum atomic E-state index is 13.6. The molecule has 0 fully saturated rings. The number of allylic oxidation sites excluding steroid dienone is 2. The van der Waals surface area contributed by atoms with Crippen LogP contribution in [0.3, 0.4) is 0 Å². The highest BCUT2D eigenvalue weighted by Gasteiger charge is 2.23. The van der Waals surface area contributed by atoms with E-state index >= 15 is 0 Å². The number of carbonyl (C=O) groups excluding carboxylic acids is 2. The van der Waals surface area contributed by atoms with E-state index in [4.69, 9.17) is 9.47 Å². The van der Waals surface area contributed by atoms with Crippen molar-refractivity contribution in [2.24, 2.45) is 0 Å². The van der Waals surface area contributed by atoms with E-state index in [0.717, 1.165) is 116 Å². The van der Waals surface area contributed by atoms with Gasteiger partial charge in [-0.2, -0.15) is 0 Å². The maximum Gasteiger partial charge on any atom is 0.305 e. The summed E-state index contributed by atoms with van der Waals surface area (Å²) in [4.78, 5) is 28.8. The van der Waals surface area contributed by atoms with Gasteiger partial charge in [-0.15, -0.1) is 0 Å². The van der Waals surface area contributed by atoms with Crippen molar-refractivity contribution in [3.8, 4) is 0 Å². The fraction of sp³-hybridized carbons (Fsp3) is 0.850. The first-order chi connectivity index (χ1) is 23.6. The van der Waals surface area contributed by atoms with Crippen LogP contribution in [0.4, 0.5) is 17.9 Å². The first kappa shape index (κ1) is 50.2. The van der Waals surface area contributed by atoms with Gasteiger partial charge in [-0.3, -0.25) is 14.3 Å². The van der Waals surface area contributed by atoms with Gasteiger partial charge in [-0.25, -0.2) is 13.2 Å². The van der Waals surface area contributed by atoms with E-state index in [1.54, 1.807) is 12.2 Å². The minimum absolute atomic E-state index is 0. The van der Waals surface area contributed by atoms with Crippen molar-refractivity contribution in [3.63, 3.8) is 0 Å². The maximum absolute atomic E-state index is 13.6. The molecule has 0 radical (unpaired) electrons. The van der Waals surface area contributed by atoms with E-state index < -0.39 is 12.1 Å². The number of nitrogens with zero attached hydrogens (tertiary/aromatic N) is 2. The molecular weight excluding hydrogens is 648 g/mol. The summed E-state index contributed by atoms with van der Waals surface area (Å²) in [6, 6.07) is 0. The molecule has 0 aliphatic heterocycles. The molecule has 10 heteroatoms. The van der Waals surface area contributed by atoms with E-state index in [0.29, 0.717) is 45.1 Å². The Labute approximate surface area is 303 Å². The summed E-state index contributed by atoms with van der Waals surface area (Å²) in [6.45, 7) is 8.85. The van der Waals surface area contributed by atoms with Crippen LogP contribution in [0, 0.1) is 0 Å². The van der Waals surface area contributed by atoms with Crippen molar-refractivity contribution in [3.05, 3.63) is 24.3 Å². The molecule has 0 saturated heterocycles. The molecule has 296 valence electrons. The number of hydrogen-bond donors (Lipinski definition) is 0. The highest BCUT2D eigenvalue weighted by Crippen LogP contribution is 2.23. The monoisotopic (exact) mass is 723 g/mol. The Morgan fingerprint density at radius 1 is 0.660 bits per heavy atom. The molecule has 50 heavy (non-hydrogen) atoms. The van der Waals surface area contributed by atoms with E-state index in [1.807, 2.05) is 6.92 Å². The second-order valence-corrected chi connectivity index (χ2v) is 13.8. The van der Waals surface area contributed by atoms with Gasteiger partial charge >= 0.3 is 11.9 Å². The average Bonchev–Trinajstić information content (AvgIpc) is 3.06. The van der Waals surface area contributed by atoms with Crippen molar-refractivity contribution in [2.75, 3.05) is 53.5 Å². The number of ether oxygens (including phenoxy) is 2. The Balaban J connectivity index is 0. The van der Waals surface area contributed by atoms with Gasteiger partial charge in [0.2, 0.25) is 0 Å². The zero-order valence-electron chi connectivity index (χ0n) is 32.3. The van der Waals surface area contributed by atoms with Crippen LogP contribution < -0.4 is 0 Å². The third-order valence-corrected chi connectivity index (χ3v) is 8.54. The number of hydrogen-bond acceptors (Lipinski definition) is 6. The van der Waals surface area contributed by atoms with Crippen LogP contribution in [0.1, 0.15) is 155 Å². The molecule has 0 N–H and O–H groups in total. The van der Waals surface area contributed by atoms with Gasteiger partial charge in [-0.05, 0) is 111 Å². The summed E-state index contributed by atoms with van der Waals surface area (Å²) in [7, 11) is 4.23. The summed E-state index contributed by atoms with van der Waals surface area (Å²) in [6.07, 6.45) is 23.0. The average molecular weight is 723 g/mol. The number of halogens is 4. The van der Waals surface area contributed by atoms with Gasteiger partial charge in [0.05, 0.1) is 13.2 Å². The summed E-state index contributed by atoms with van der Waals surface area (Å²) in [5.41, 5.74) is 0. The number of unbranched alkanes of at least 4 members (excludes halogenated alkanes) is 11. The topological polar surface area (TPSA) is 59.1 Å². The van der Waals surface area contributed by atoms with Crippen LogP contribution in [-0.2, 0) is 19.1 Å². The second-order valence-electron chi connectivity index (χ2n) is 13.8. The molecule has 0 aromatic heterocycles. The van der Waals surface area contributed by atoms with Crippen LogP contribution in [0.25, 0.3) is 0 Å². The van der Waals surface area contributed by atoms with Gasteiger partial charge in [0, 0.05) is 19.3 Å². The van der Waals surface area contributed by atoms with Gasteiger partial charge in [0.15, 0.2) is 0 Å². The van der Waals surface area contributed by atoms with E-state index in [9.17, 15) is 22.8 Å². The number of alkyl halides is 3. The third-order valence-electron chi connectivity index (χ3n) is 8.54. The van der Waals surface area contributed by atoms with Gasteiger partial charge < -0.3 is 19.3 Å². The largest absolute Gasteiger partial charge is 0.465 e. The van der Waals surface area contributed by atoms with Crippen LogP contribution in [0.2, 0.25) is 0 Å². The Bertz CT molecular complexity index is 842. The van der Waals surface area contributed by atoms with Crippen molar-refractivity contribution < 1.29 is 36.9 Å². The standard InChI is InChI=1S/C40H73F3N2O4.FH/c1-5-7-25-37(41)26-17-23-35-48-38(46)27-15-11-9-13-19-32-45(34-22-21-31-44(3)4)33-20-14-10-12-16-28-39(47)49-36-24-18-30-40(42,43)29-8-6-2;/h17-18,26,30,37H,5-16,19-25,27-29,31-36H2,1-4H3;1H/b26-17-,30-18-;. The fourth-order valence-electron chi connectivity index (χ4n) is 5.49. The molecule has 6 nitrogen and oxygen atoms in total. The molecule has 1 unspecified atom stereocenters. The minimum Gasteiger partial charge on any atom is -0.465 e. The van der Waals surface area contributed by atoms with Crippen LogP contribution >= 0.6 is 0 Å². The Morgan fingerprint density at radius 3 is 1.64 bits per heavy atom. The molecule has 0 aromatic rings. The molecule has 0 saturated carbocycles. The Morgan fingerprint density at radius 2 is 1.12 bits per heavy atom. The van der Waals surface area contributed by atoms with Crippen LogP contribution in [-0.4, -0.2) is 87.3 Å². The van der Waals surface area contributed by atoms with E-state index in [-0.39, 0.29) is 29.7 Å². The first-order valence-electron chi connectivity index (χ1n) is 19.6. The predicted molar refractivity (Wildman–Crippen MR) is 200 cm³/mol. The predicted octanol–water partition coefficient (Wildman–Crippen LogP) is 10.8. The molecule has 0 rings (SSSR count). The summed E-state index contributed by atoms with van der Waals surface area (Å²) >= 11 is 0. The smallest absolute Gasteiger partial charge is 0.305 e. The molecule has 0 amide bonds. The quantitative estimate of drug-likeness (QED) is 0.0281. The minimum atomic E-state index is -2.78. The van der Waals surface area contributed by atoms with Gasteiger partial charge in [0.1, 0.15) is 6.17 Å². The summed E-state index contributed by atoms with van der Waals surface area (Å²) in [5, 5.41) is 0. The van der Waals surface area contributed by atoms with Crippen LogP contribution in [0.15, 0.2) is 24.3 Å². The highest BCUT2D eigenvalue weighted by molar-refractivity contribution is 5.69. The molecular formula is C40H74F4N2O4. The van der Waals surface area contributed by atoms with Gasteiger partial charge in [0.25, 0.3) is 5.92 Å². The third kappa shape index (κ3) is 35.9. The molecule has 0 heterocycles. The Hall–Kier alpha value is -1.94. The molecule has 0 aromatic carbocycles. The molecule has 0 spiro atoms. The second kappa shape index (κ2) is 35.5. The van der Waals surface area contributed by atoms with Crippen molar-refractivity contribution in [1.82, 2.24) is 9.80 Å². The lowest BCUT2D eigenvalue weighted by Crippen LogP contribution is -2.28. The van der Waals surface area contributed by atoms with E-state index in [1.165, 1.54) is 18.9 Å². The highest BCUT2D eigenvalue weighted by atomic mass is 19.3. The number of carbonyl (C=O) groups is 2. The van der Waals surface area contributed by atoms with Crippen molar-refractivity contribution in [1.29, 1.82) is 0 Å². The SMILES string of the molecule is CCCCC(F)/C=C\CCOC(=O)CCCCCCCN(CCCCCCCC(=O)OCC/C=C\C(F)(F)CCCC)CCCCN(C)C.F. The van der Waals surface area contributed by atoms with E-state index in [2.05, 4.69) is 30.8 Å². The van der Waals surface area contributed by atoms with Crippen LogP contribution in [0.5, 0.6) is 0 Å². The summed E-state index contributed by atoms with van der Waals surface area (Å²) < 4.78 is 51.3. The van der Waals surface area contributed by atoms with Crippen molar-refractivity contribution in [2.45, 2.75) is 167 Å². The number of rotatable bonds is 35. The van der Waals surface area contributed by atoms with Gasteiger partial charge in [-0.1, -0.05) is 89.9 Å². The zero-order valence-corrected chi connectivity index (χ0v) is 32.3. The molecule has 0 aliphatic rings.